The molecule has 5 nitrogen and oxygen atoms in total. The number of alkyl halides is 6. The zero-order valence-corrected chi connectivity index (χ0v) is 16.0. The molecule has 1 saturated heterocycles. The van der Waals surface area contributed by atoms with Gasteiger partial charge in [-0.05, 0) is 30.3 Å². The minimum atomic E-state index is -4.90. The Morgan fingerprint density at radius 1 is 1.10 bits per heavy atom. The molecule has 0 unspecified atom stereocenters. The number of hydrogen-bond acceptors (Lipinski definition) is 5. The maximum atomic E-state index is 13.5. The molecular weight excluding hydrogens is 430 g/mol. The number of nitriles is 1. The molecule has 1 aliphatic rings. The average molecular weight is 446 g/mol. The molecule has 11 heteroatoms. The van der Waals surface area contributed by atoms with E-state index in [0.29, 0.717) is 22.5 Å². The summed E-state index contributed by atoms with van der Waals surface area (Å²) in [6.07, 6.45) is -13.3. The Balaban J connectivity index is 1.83. The first-order chi connectivity index (χ1) is 14.5. The van der Waals surface area contributed by atoms with E-state index in [1.165, 1.54) is 19.2 Å². The molecule has 3 rings (SSSR count). The summed E-state index contributed by atoms with van der Waals surface area (Å²) >= 11 is 0. The normalized spacial score (nSPS) is 19.2. The number of hydrogen-bond donors (Lipinski definition) is 0. The molecule has 2 atom stereocenters. The number of halogens is 6. The van der Waals surface area contributed by atoms with Crippen LogP contribution < -0.4 is 14.4 Å². The first-order valence-electron chi connectivity index (χ1n) is 8.90. The fraction of sp³-hybridized carbons (Fsp3) is 0.350. The molecule has 31 heavy (non-hydrogen) atoms. The van der Waals surface area contributed by atoms with Gasteiger partial charge in [0, 0.05) is 11.8 Å². The molecule has 0 aliphatic carbocycles. The fourth-order valence-electron chi connectivity index (χ4n) is 3.12. The van der Waals surface area contributed by atoms with Crippen LogP contribution >= 0.6 is 0 Å². The van der Waals surface area contributed by atoms with Crippen molar-refractivity contribution in [1.82, 2.24) is 0 Å². The van der Waals surface area contributed by atoms with Crippen molar-refractivity contribution in [3.05, 3.63) is 53.6 Å². The zero-order chi connectivity index (χ0) is 22.8. The van der Waals surface area contributed by atoms with Crippen molar-refractivity contribution in [3.8, 4) is 17.6 Å². The molecule has 1 fully saturated rings. The molecule has 0 aromatic heterocycles. The van der Waals surface area contributed by atoms with Crippen LogP contribution in [-0.4, -0.2) is 38.8 Å². The number of methoxy groups -OCH3 is 1. The van der Waals surface area contributed by atoms with Gasteiger partial charge < -0.3 is 19.1 Å². The molecule has 0 spiro atoms. The highest BCUT2D eigenvalue weighted by atomic mass is 19.4. The molecule has 2 aromatic rings. The number of anilines is 1. The second-order valence-electron chi connectivity index (χ2n) is 6.63. The monoisotopic (exact) mass is 446 g/mol. The molecule has 1 heterocycles. The first-order valence-corrected chi connectivity index (χ1v) is 8.90. The summed E-state index contributed by atoms with van der Waals surface area (Å²) in [5.74, 6) is 0.819. The maximum Gasteiger partial charge on any atom is 0.433 e. The smallest absolute Gasteiger partial charge is 0.433 e. The minimum Gasteiger partial charge on any atom is -0.497 e. The van der Waals surface area contributed by atoms with Crippen molar-refractivity contribution in [2.75, 3.05) is 25.2 Å². The van der Waals surface area contributed by atoms with Gasteiger partial charge in [0.25, 0.3) is 0 Å². The molecule has 0 N–H and O–H groups in total. The van der Waals surface area contributed by atoms with Gasteiger partial charge in [0.2, 0.25) is 6.23 Å². The summed E-state index contributed by atoms with van der Waals surface area (Å²) in [5, 5.41) is 8.88. The average Bonchev–Trinajstić information content (AvgIpc) is 3.16. The highest BCUT2D eigenvalue weighted by Gasteiger charge is 2.51. The summed E-state index contributed by atoms with van der Waals surface area (Å²) in [4.78, 5) is 0.677. The summed E-state index contributed by atoms with van der Waals surface area (Å²) in [6.45, 7) is -0.629. The Morgan fingerprint density at radius 2 is 1.81 bits per heavy atom. The van der Waals surface area contributed by atoms with Gasteiger partial charge in [-0.25, -0.2) is 0 Å². The van der Waals surface area contributed by atoms with Crippen LogP contribution in [0.2, 0.25) is 0 Å². The SMILES string of the molecule is COc1cccc(OC[C@@H]2CN(c3ccc(C#N)c(C(F)(F)F)c3)[C@@H](C(F)(F)F)O2)c1. The standard InChI is InChI=1S/C20H16F6N2O3/c1-29-14-3-2-4-15(8-14)30-11-16-10-28(18(31-16)20(24,25)26)13-6-5-12(9-27)17(7-13)19(21,22)23/h2-8,16,18H,10-11H2,1H3/t16-,18+/m0/s1. The van der Waals surface area contributed by atoms with Crippen LogP contribution in [-0.2, 0) is 10.9 Å². The van der Waals surface area contributed by atoms with Crippen molar-refractivity contribution in [1.29, 1.82) is 5.26 Å². The Hall–Kier alpha value is -3.13. The van der Waals surface area contributed by atoms with Crippen LogP contribution in [0.3, 0.4) is 0 Å². The van der Waals surface area contributed by atoms with Crippen LogP contribution in [0.1, 0.15) is 11.1 Å². The number of rotatable bonds is 5. The Kier molecular flexibility index (Phi) is 6.22. The molecule has 2 aromatic carbocycles. The first kappa shape index (κ1) is 22.6. The molecule has 0 amide bonds. The van der Waals surface area contributed by atoms with Crippen molar-refractivity contribution in [2.24, 2.45) is 0 Å². The van der Waals surface area contributed by atoms with Gasteiger partial charge in [-0.15, -0.1) is 0 Å². The predicted molar refractivity (Wildman–Crippen MR) is 96.7 cm³/mol. The summed E-state index contributed by atoms with van der Waals surface area (Å²) in [6, 6.07) is 10.2. The lowest BCUT2D eigenvalue weighted by atomic mass is 10.1. The third-order valence-corrected chi connectivity index (χ3v) is 4.52. The Morgan fingerprint density at radius 3 is 2.42 bits per heavy atom. The Bertz CT molecular complexity index is 971. The van der Waals surface area contributed by atoms with E-state index in [4.69, 9.17) is 19.5 Å². The zero-order valence-electron chi connectivity index (χ0n) is 16.0. The van der Waals surface area contributed by atoms with E-state index in [2.05, 4.69) is 0 Å². The molecule has 0 saturated carbocycles. The van der Waals surface area contributed by atoms with Gasteiger partial charge in [-0.2, -0.15) is 31.6 Å². The van der Waals surface area contributed by atoms with Crippen LogP contribution in [0.15, 0.2) is 42.5 Å². The summed E-state index contributed by atoms with van der Waals surface area (Å²) in [5.41, 5.74) is -2.36. The van der Waals surface area contributed by atoms with E-state index in [0.717, 1.165) is 12.1 Å². The minimum absolute atomic E-state index is 0.265. The molecule has 1 aliphatic heterocycles. The molecule has 166 valence electrons. The second-order valence-corrected chi connectivity index (χ2v) is 6.63. The summed E-state index contributed by atoms with van der Waals surface area (Å²) in [7, 11) is 1.44. The molecule has 0 radical (unpaired) electrons. The largest absolute Gasteiger partial charge is 0.497 e. The maximum absolute atomic E-state index is 13.5. The van der Waals surface area contributed by atoms with Crippen molar-refractivity contribution >= 4 is 5.69 Å². The lowest BCUT2D eigenvalue weighted by Gasteiger charge is -2.27. The number of ether oxygens (including phenoxy) is 3. The van der Waals surface area contributed by atoms with Crippen molar-refractivity contribution < 1.29 is 40.6 Å². The van der Waals surface area contributed by atoms with E-state index in [-0.39, 0.29) is 18.8 Å². The van der Waals surface area contributed by atoms with Gasteiger partial charge in [-0.3, -0.25) is 0 Å². The van der Waals surface area contributed by atoms with Crippen LogP contribution in [0.4, 0.5) is 32.0 Å². The lowest BCUT2D eigenvalue weighted by molar-refractivity contribution is -0.215. The van der Waals surface area contributed by atoms with Crippen LogP contribution in [0.5, 0.6) is 11.5 Å². The molecule has 0 bridgehead atoms. The van der Waals surface area contributed by atoms with E-state index in [1.807, 2.05) is 0 Å². The summed E-state index contributed by atoms with van der Waals surface area (Å²) < 4.78 is 95.8. The lowest BCUT2D eigenvalue weighted by Crippen LogP contribution is -2.42. The second kappa shape index (κ2) is 8.55. The number of nitrogens with zero attached hydrogens (tertiary/aromatic N) is 2. The van der Waals surface area contributed by atoms with Gasteiger partial charge in [-0.1, -0.05) is 6.07 Å². The predicted octanol–water partition coefficient (Wildman–Crippen LogP) is 4.76. The third kappa shape index (κ3) is 5.14. The Labute approximate surface area is 173 Å². The van der Waals surface area contributed by atoms with Crippen LogP contribution in [0.25, 0.3) is 0 Å². The van der Waals surface area contributed by atoms with Crippen LogP contribution in [0, 0.1) is 11.3 Å². The topological polar surface area (TPSA) is 54.7 Å². The van der Waals surface area contributed by atoms with Gasteiger partial charge in [0.15, 0.2) is 0 Å². The highest BCUT2D eigenvalue weighted by Crippen LogP contribution is 2.39. The van der Waals surface area contributed by atoms with E-state index in [1.54, 1.807) is 18.2 Å². The van der Waals surface area contributed by atoms with E-state index >= 15 is 0 Å². The van der Waals surface area contributed by atoms with Gasteiger partial charge in [0.05, 0.1) is 30.9 Å². The van der Waals surface area contributed by atoms with E-state index < -0.39 is 35.8 Å². The fourth-order valence-corrected chi connectivity index (χ4v) is 3.12. The quantitative estimate of drug-likeness (QED) is 0.620. The van der Waals surface area contributed by atoms with Gasteiger partial charge >= 0.3 is 12.4 Å². The highest BCUT2D eigenvalue weighted by molar-refractivity contribution is 5.56. The number of benzene rings is 2. The third-order valence-electron chi connectivity index (χ3n) is 4.52. The molecular formula is C20H16F6N2O3. The van der Waals surface area contributed by atoms with Gasteiger partial charge in [0.1, 0.15) is 24.2 Å². The van der Waals surface area contributed by atoms with E-state index in [9.17, 15) is 26.3 Å². The van der Waals surface area contributed by atoms with Crippen molar-refractivity contribution in [2.45, 2.75) is 24.7 Å². The van der Waals surface area contributed by atoms with Crippen molar-refractivity contribution in [3.63, 3.8) is 0 Å².